The van der Waals surface area contributed by atoms with Crippen molar-refractivity contribution < 1.29 is 0 Å². The monoisotopic (exact) mass is 415 g/mol. The van der Waals surface area contributed by atoms with E-state index in [9.17, 15) is 0 Å². The van der Waals surface area contributed by atoms with Gasteiger partial charge in [-0.3, -0.25) is 4.57 Å². The van der Waals surface area contributed by atoms with Gasteiger partial charge in [-0.15, -0.1) is 0 Å². The predicted octanol–water partition coefficient (Wildman–Crippen LogP) is 6.68. The first-order valence-electron chi connectivity index (χ1n) is 10.6. The number of hydrogen-bond donors (Lipinski definition) is 1. The molecule has 0 saturated heterocycles. The van der Waals surface area contributed by atoms with Crippen molar-refractivity contribution in [2.75, 3.05) is 4.90 Å². The van der Waals surface area contributed by atoms with Crippen molar-refractivity contribution in [2.24, 2.45) is 0 Å². The molecule has 5 heteroatoms. The summed E-state index contributed by atoms with van der Waals surface area (Å²) in [5.74, 6) is 1.51. The molecular weight excluding hydrogens is 394 g/mol. The molecule has 4 aromatic carbocycles. The van der Waals surface area contributed by atoms with E-state index in [-0.39, 0.29) is 0 Å². The Morgan fingerprint density at radius 1 is 0.688 bits per heavy atom. The highest BCUT2D eigenvalue weighted by Gasteiger charge is 2.24. The van der Waals surface area contributed by atoms with Gasteiger partial charge in [0, 0.05) is 0 Å². The molecule has 0 aliphatic carbocycles. The SMILES string of the molecule is Cc1ccccc1-n1c(N(c2ccccc2)c2nc3ccccc3[nH]2)nc2ccccc21. The smallest absolute Gasteiger partial charge is 0.222 e. The Balaban J connectivity index is 1.68. The number of aromatic nitrogens is 4. The maximum absolute atomic E-state index is 5.08. The maximum atomic E-state index is 5.08. The van der Waals surface area contributed by atoms with Gasteiger partial charge in [-0.05, 0) is 55.0 Å². The number of benzene rings is 4. The molecule has 0 fully saturated rings. The van der Waals surface area contributed by atoms with Crippen molar-refractivity contribution in [1.29, 1.82) is 0 Å². The quantitative estimate of drug-likeness (QED) is 0.349. The van der Waals surface area contributed by atoms with Gasteiger partial charge in [0.1, 0.15) is 0 Å². The van der Waals surface area contributed by atoms with Gasteiger partial charge in [-0.1, -0.05) is 60.7 Å². The Hall–Kier alpha value is -4.38. The Bertz CT molecular complexity index is 1510. The number of nitrogens with zero attached hydrogens (tertiary/aromatic N) is 4. The van der Waals surface area contributed by atoms with Crippen LogP contribution in [-0.4, -0.2) is 19.5 Å². The van der Waals surface area contributed by atoms with E-state index >= 15 is 0 Å². The number of hydrogen-bond acceptors (Lipinski definition) is 3. The van der Waals surface area contributed by atoms with Crippen LogP contribution in [0, 0.1) is 6.92 Å². The van der Waals surface area contributed by atoms with Crippen LogP contribution < -0.4 is 4.90 Å². The summed E-state index contributed by atoms with van der Waals surface area (Å²) in [5, 5.41) is 0. The molecular formula is C27H21N5. The van der Waals surface area contributed by atoms with Gasteiger partial charge in [-0.25, -0.2) is 14.9 Å². The van der Waals surface area contributed by atoms with Crippen molar-refractivity contribution in [3.05, 3.63) is 109 Å². The normalized spacial score (nSPS) is 11.3. The summed E-state index contributed by atoms with van der Waals surface area (Å²) in [6.45, 7) is 2.13. The molecule has 154 valence electrons. The second-order valence-corrected chi connectivity index (χ2v) is 7.77. The first-order chi connectivity index (χ1) is 15.8. The number of aromatic amines is 1. The van der Waals surface area contributed by atoms with Gasteiger partial charge < -0.3 is 4.98 Å². The van der Waals surface area contributed by atoms with Crippen LogP contribution >= 0.6 is 0 Å². The van der Waals surface area contributed by atoms with Crippen LogP contribution in [0.25, 0.3) is 27.8 Å². The molecule has 0 aliphatic heterocycles. The van der Waals surface area contributed by atoms with E-state index in [1.54, 1.807) is 0 Å². The molecule has 1 N–H and O–H groups in total. The molecule has 6 aromatic rings. The summed E-state index contributed by atoms with van der Waals surface area (Å²) >= 11 is 0. The average Bonchev–Trinajstić information content (AvgIpc) is 3.42. The second kappa shape index (κ2) is 7.39. The molecule has 0 spiro atoms. The van der Waals surface area contributed by atoms with Crippen molar-refractivity contribution in [3.63, 3.8) is 0 Å². The summed E-state index contributed by atoms with van der Waals surface area (Å²) in [5.41, 5.74) is 7.14. The largest absolute Gasteiger partial charge is 0.323 e. The van der Waals surface area contributed by atoms with Gasteiger partial charge >= 0.3 is 0 Å². The first kappa shape index (κ1) is 18.4. The fourth-order valence-corrected chi connectivity index (χ4v) is 4.17. The Kier molecular flexibility index (Phi) is 4.25. The zero-order valence-electron chi connectivity index (χ0n) is 17.6. The average molecular weight is 416 g/mol. The van der Waals surface area contributed by atoms with Crippen LogP contribution in [0.3, 0.4) is 0 Å². The van der Waals surface area contributed by atoms with Gasteiger partial charge in [0.05, 0.1) is 33.4 Å². The van der Waals surface area contributed by atoms with E-state index in [1.165, 1.54) is 5.56 Å². The van der Waals surface area contributed by atoms with Gasteiger partial charge in [0.2, 0.25) is 11.9 Å². The van der Waals surface area contributed by atoms with E-state index in [0.29, 0.717) is 0 Å². The van der Waals surface area contributed by atoms with Crippen LogP contribution in [0.1, 0.15) is 5.56 Å². The first-order valence-corrected chi connectivity index (χ1v) is 10.6. The third-order valence-electron chi connectivity index (χ3n) is 5.70. The number of anilines is 3. The maximum Gasteiger partial charge on any atom is 0.222 e. The Labute approximate surface area is 185 Å². The van der Waals surface area contributed by atoms with Crippen LogP contribution in [0.5, 0.6) is 0 Å². The third kappa shape index (κ3) is 2.94. The van der Waals surface area contributed by atoms with E-state index in [2.05, 4.69) is 76.0 Å². The molecule has 0 radical (unpaired) electrons. The van der Waals surface area contributed by atoms with Gasteiger partial charge in [0.15, 0.2) is 0 Å². The number of imidazole rings is 2. The van der Waals surface area contributed by atoms with E-state index < -0.39 is 0 Å². The van der Waals surface area contributed by atoms with Crippen molar-refractivity contribution in [2.45, 2.75) is 6.92 Å². The Morgan fingerprint density at radius 3 is 2.19 bits per heavy atom. The molecule has 0 saturated carbocycles. The van der Waals surface area contributed by atoms with Crippen molar-refractivity contribution in [1.82, 2.24) is 19.5 Å². The lowest BCUT2D eigenvalue weighted by molar-refractivity contribution is 1.000. The van der Waals surface area contributed by atoms with Crippen molar-refractivity contribution >= 4 is 39.7 Å². The molecule has 2 aromatic heterocycles. The standard InChI is InChI=1S/C27H21N5/c1-19-11-5-9-17-24(19)32-25-18-10-8-16-23(25)30-27(32)31(20-12-3-2-4-13-20)26-28-21-14-6-7-15-22(21)29-26/h2-18H,1H3,(H,28,29). The Morgan fingerprint density at radius 2 is 1.38 bits per heavy atom. The van der Waals surface area contributed by atoms with Crippen molar-refractivity contribution in [3.8, 4) is 5.69 Å². The molecule has 0 bridgehead atoms. The minimum atomic E-state index is 0.725. The lowest BCUT2D eigenvalue weighted by Gasteiger charge is -2.23. The zero-order chi connectivity index (χ0) is 21.5. The number of para-hydroxylation sites is 6. The highest BCUT2D eigenvalue weighted by Crippen LogP contribution is 2.37. The molecule has 5 nitrogen and oxygen atoms in total. The number of H-pyrrole nitrogens is 1. The lowest BCUT2D eigenvalue weighted by Crippen LogP contribution is -2.16. The minimum absolute atomic E-state index is 0.725. The zero-order valence-corrected chi connectivity index (χ0v) is 17.6. The number of aryl methyl sites for hydroxylation is 1. The van der Waals surface area contributed by atoms with E-state index in [4.69, 9.17) is 9.97 Å². The van der Waals surface area contributed by atoms with E-state index in [0.717, 1.165) is 45.3 Å². The molecule has 32 heavy (non-hydrogen) atoms. The van der Waals surface area contributed by atoms with Crippen LogP contribution in [0.4, 0.5) is 17.6 Å². The van der Waals surface area contributed by atoms with Gasteiger partial charge in [0.25, 0.3) is 0 Å². The van der Waals surface area contributed by atoms with E-state index in [1.807, 2.05) is 48.5 Å². The summed E-state index contributed by atoms with van der Waals surface area (Å²) in [4.78, 5) is 15.6. The fourth-order valence-electron chi connectivity index (χ4n) is 4.17. The van der Waals surface area contributed by atoms with Crippen LogP contribution in [0.2, 0.25) is 0 Å². The fraction of sp³-hybridized carbons (Fsp3) is 0.0370. The highest BCUT2D eigenvalue weighted by atomic mass is 15.4. The van der Waals surface area contributed by atoms with Crippen LogP contribution in [0.15, 0.2) is 103 Å². The van der Waals surface area contributed by atoms with Gasteiger partial charge in [-0.2, -0.15) is 0 Å². The molecule has 0 unspecified atom stereocenters. The molecule has 6 rings (SSSR count). The summed E-state index contributed by atoms with van der Waals surface area (Å²) in [7, 11) is 0. The number of fused-ring (bicyclic) bond motifs is 2. The molecule has 2 heterocycles. The predicted molar refractivity (Wildman–Crippen MR) is 130 cm³/mol. The molecule has 0 amide bonds. The number of nitrogens with one attached hydrogen (secondary N) is 1. The summed E-state index contributed by atoms with van der Waals surface area (Å²) in [6.07, 6.45) is 0. The highest BCUT2D eigenvalue weighted by molar-refractivity contribution is 5.87. The topological polar surface area (TPSA) is 49.7 Å². The third-order valence-corrected chi connectivity index (χ3v) is 5.70. The molecule has 0 atom stereocenters. The molecule has 0 aliphatic rings. The summed E-state index contributed by atoms with van der Waals surface area (Å²) < 4.78 is 2.21. The second-order valence-electron chi connectivity index (χ2n) is 7.77. The summed E-state index contributed by atoms with van der Waals surface area (Å²) in [6, 6.07) is 34.9. The van der Waals surface area contributed by atoms with Crippen LogP contribution in [-0.2, 0) is 0 Å². The lowest BCUT2D eigenvalue weighted by atomic mass is 10.2. The minimum Gasteiger partial charge on any atom is -0.323 e. The number of rotatable bonds is 4.